The van der Waals surface area contributed by atoms with E-state index < -0.39 is 17.7 Å². The highest BCUT2D eigenvalue weighted by molar-refractivity contribution is 14.1. The van der Waals surface area contributed by atoms with Crippen LogP contribution in [-0.4, -0.2) is 48.6 Å². The van der Waals surface area contributed by atoms with Gasteiger partial charge in [-0.05, 0) is 65.3 Å². The zero-order chi connectivity index (χ0) is 23.1. The summed E-state index contributed by atoms with van der Waals surface area (Å²) in [6, 6.07) is 14.0. The van der Waals surface area contributed by atoms with E-state index in [1.54, 1.807) is 25.3 Å². The number of nitrogens with zero attached hydrogens (tertiary/aromatic N) is 1. The molecule has 32 heavy (non-hydrogen) atoms. The molecule has 0 aromatic heterocycles. The first-order chi connectivity index (χ1) is 15.5. The maximum atomic E-state index is 13.0. The Kier molecular flexibility index (Phi) is 8.69. The zero-order valence-electron chi connectivity index (χ0n) is 18.3. The number of rotatable bonds is 10. The molecule has 6 nitrogen and oxygen atoms in total. The number of ketones is 1. The van der Waals surface area contributed by atoms with Gasteiger partial charge in [-0.3, -0.25) is 9.59 Å². The number of aliphatic hydroxyl groups excluding tert-OH is 1. The van der Waals surface area contributed by atoms with Crippen molar-refractivity contribution in [2.24, 2.45) is 0 Å². The van der Waals surface area contributed by atoms with Crippen molar-refractivity contribution in [2.75, 3.05) is 26.9 Å². The molecule has 1 aliphatic heterocycles. The Morgan fingerprint density at radius 1 is 1.09 bits per heavy atom. The Morgan fingerprint density at radius 2 is 1.84 bits per heavy atom. The maximum Gasteiger partial charge on any atom is 0.295 e. The molecule has 1 unspecified atom stereocenters. The summed E-state index contributed by atoms with van der Waals surface area (Å²) in [6.45, 7) is 3.49. The second-order valence-corrected chi connectivity index (χ2v) is 8.87. The number of aliphatic hydroxyl groups is 1. The van der Waals surface area contributed by atoms with Crippen molar-refractivity contribution in [3.8, 4) is 5.75 Å². The second kappa shape index (κ2) is 11.5. The highest BCUT2D eigenvalue weighted by Crippen LogP contribution is 2.40. The Balaban J connectivity index is 2.03. The van der Waals surface area contributed by atoms with Gasteiger partial charge in [0.15, 0.2) is 0 Å². The Hall–Kier alpha value is -2.39. The fraction of sp³-hybridized carbons (Fsp3) is 0.360. The predicted octanol–water partition coefficient (Wildman–Crippen LogP) is 4.93. The van der Waals surface area contributed by atoms with Crippen LogP contribution in [0, 0.1) is 3.57 Å². The number of carbonyl (C=O) groups excluding carboxylic acids is 2. The van der Waals surface area contributed by atoms with Crippen molar-refractivity contribution in [3.05, 3.63) is 68.8 Å². The number of likely N-dealkylation sites (tertiary alicyclic amines) is 1. The molecule has 2 aromatic carbocycles. The fourth-order valence-corrected chi connectivity index (χ4v) is 4.06. The molecule has 1 N–H and O–H groups in total. The molecule has 1 aliphatic rings. The van der Waals surface area contributed by atoms with Gasteiger partial charge in [-0.15, -0.1) is 0 Å². The molecule has 170 valence electrons. The van der Waals surface area contributed by atoms with Gasteiger partial charge in [-0.25, -0.2) is 0 Å². The van der Waals surface area contributed by atoms with Gasteiger partial charge in [0.1, 0.15) is 11.5 Å². The lowest BCUT2D eigenvalue weighted by atomic mass is 9.95. The van der Waals surface area contributed by atoms with E-state index in [2.05, 4.69) is 29.5 Å². The van der Waals surface area contributed by atoms with Crippen LogP contribution >= 0.6 is 22.6 Å². The smallest absolute Gasteiger partial charge is 0.295 e. The number of ether oxygens (including phenoxy) is 2. The molecule has 1 amide bonds. The summed E-state index contributed by atoms with van der Waals surface area (Å²) in [5.74, 6) is -0.868. The van der Waals surface area contributed by atoms with E-state index in [1.807, 2.05) is 30.3 Å². The lowest BCUT2D eigenvalue weighted by molar-refractivity contribution is -0.140. The number of carbonyl (C=O) groups is 2. The van der Waals surface area contributed by atoms with Crippen molar-refractivity contribution >= 4 is 40.0 Å². The highest BCUT2D eigenvalue weighted by atomic mass is 127. The van der Waals surface area contributed by atoms with Gasteiger partial charge in [-0.1, -0.05) is 37.6 Å². The average molecular weight is 549 g/mol. The summed E-state index contributed by atoms with van der Waals surface area (Å²) in [4.78, 5) is 27.5. The molecule has 0 spiro atoms. The van der Waals surface area contributed by atoms with Crippen LogP contribution in [0.4, 0.5) is 0 Å². The van der Waals surface area contributed by atoms with Gasteiger partial charge < -0.3 is 19.5 Å². The van der Waals surface area contributed by atoms with Crippen molar-refractivity contribution in [1.29, 1.82) is 0 Å². The average Bonchev–Trinajstić information content (AvgIpc) is 3.05. The SMILES string of the molecule is CCCCOc1cccc(/C(O)=C2\C(=O)C(=O)N(CCCOC)C2c2ccc(I)cc2)c1. The van der Waals surface area contributed by atoms with E-state index in [0.29, 0.717) is 37.5 Å². The van der Waals surface area contributed by atoms with E-state index in [9.17, 15) is 14.7 Å². The summed E-state index contributed by atoms with van der Waals surface area (Å²) >= 11 is 2.21. The first-order valence-electron chi connectivity index (χ1n) is 10.7. The summed E-state index contributed by atoms with van der Waals surface area (Å²) < 4.78 is 11.9. The van der Waals surface area contributed by atoms with E-state index in [4.69, 9.17) is 9.47 Å². The predicted molar refractivity (Wildman–Crippen MR) is 132 cm³/mol. The van der Waals surface area contributed by atoms with Gasteiger partial charge in [-0.2, -0.15) is 0 Å². The summed E-state index contributed by atoms with van der Waals surface area (Å²) in [7, 11) is 1.60. The van der Waals surface area contributed by atoms with E-state index in [1.165, 1.54) is 4.90 Å². The molecule has 0 radical (unpaired) electrons. The zero-order valence-corrected chi connectivity index (χ0v) is 20.5. The lowest BCUT2D eigenvalue weighted by Gasteiger charge is -2.25. The third-order valence-electron chi connectivity index (χ3n) is 5.35. The second-order valence-electron chi connectivity index (χ2n) is 7.62. The van der Waals surface area contributed by atoms with Crippen LogP contribution in [0.3, 0.4) is 0 Å². The van der Waals surface area contributed by atoms with Gasteiger partial charge in [0, 0.05) is 29.4 Å². The van der Waals surface area contributed by atoms with Crippen molar-refractivity contribution in [2.45, 2.75) is 32.2 Å². The normalized spacial score (nSPS) is 17.7. The molecule has 1 atom stereocenters. The number of Topliss-reactive ketones (excluding diaryl/α,β-unsaturated/α-hetero) is 1. The van der Waals surface area contributed by atoms with E-state index in [-0.39, 0.29) is 11.3 Å². The number of benzene rings is 2. The first-order valence-corrected chi connectivity index (χ1v) is 11.8. The standard InChI is InChI=1S/C25H28INO5/c1-3-4-15-32-20-8-5-7-18(16-20)23(28)21-22(17-9-11-19(26)12-10-17)27(13-6-14-31-2)25(30)24(21)29/h5,7-12,16,22,28H,3-4,6,13-15H2,1-2H3/b23-21+. The quantitative estimate of drug-likeness (QED) is 0.150. The van der Waals surface area contributed by atoms with Crippen molar-refractivity contribution in [3.63, 3.8) is 0 Å². The Bertz CT molecular complexity index is 986. The fourth-order valence-electron chi connectivity index (χ4n) is 3.70. The van der Waals surface area contributed by atoms with Gasteiger partial charge >= 0.3 is 0 Å². The number of hydrogen-bond acceptors (Lipinski definition) is 5. The maximum absolute atomic E-state index is 13.0. The molecule has 7 heteroatoms. The van der Waals surface area contributed by atoms with E-state index >= 15 is 0 Å². The van der Waals surface area contributed by atoms with Crippen LogP contribution in [0.1, 0.15) is 43.4 Å². The largest absolute Gasteiger partial charge is 0.507 e. The number of methoxy groups -OCH3 is 1. The molecule has 0 bridgehead atoms. The minimum Gasteiger partial charge on any atom is -0.507 e. The number of hydrogen-bond donors (Lipinski definition) is 1. The number of halogens is 1. The van der Waals surface area contributed by atoms with Gasteiger partial charge in [0.25, 0.3) is 11.7 Å². The number of unbranched alkanes of at least 4 members (excludes halogenated alkanes) is 1. The summed E-state index contributed by atoms with van der Waals surface area (Å²) in [5.41, 5.74) is 1.32. The van der Waals surface area contributed by atoms with Crippen molar-refractivity contribution < 1.29 is 24.2 Å². The molecular formula is C25H28INO5. The Labute approximate surface area is 202 Å². The van der Waals surface area contributed by atoms with Crippen LogP contribution < -0.4 is 4.74 Å². The molecule has 3 rings (SSSR count). The molecule has 0 aliphatic carbocycles. The van der Waals surface area contributed by atoms with Crippen LogP contribution in [0.15, 0.2) is 54.1 Å². The molecule has 1 heterocycles. The first kappa shape index (κ1) is 24.3. The molecule has 1 fully saturated rings. The minimum atomic E-state index is -0.680. The molecule has 2 aromatic rings. The molecular weight excluding hydrogens is 521 g/mol. The van der Waals surface area contributed by atoms with Crippen LogP contribution in [0.5, 0.6) is 5.75 Å². The van der Waals surface area contributed by atoms with E-state index in [0.717, 1.165) is 22.0 Å². The molecule has 0 saturated carbocycles. The third kappa shape index (κ3) is 5.50. The number of amides is 1. The summed E-state index contributed by atoms with van der Waals surface area (Å²) in [6.07, 6.45) is 2.53. The van der Waals surface area contributed by atoms with Crippen LogP contribution in [0.2, 0.25) is 0 Å². The highest BCUT2D eigenvalue weighted by Gasteiger charge is 2.45. The lowest BCUT2D eigenvalue weighted by Crippen LogP contribution is -2.31. The van der Waals surface area contributed by atoms with Crippen LogP contribution in [-0.2, 0) is 14.3 Å². The minimum absolute atomic E-state index is 0.0966. The molecule has 1 saturated heterocycles. The Morgan fingerprint density at radius 3 is 2.53 bits per heavy atom. The third-order valence-corrected chi connectivity index (χ3v) is 6.07. The van der Waals surface area contributed by atoms with Gasteiger partial charge in [0.05, 0.1) is 18.2 Å². The van der Waals surface area contributed by atoms with Crippen molar-refractivity contribution in [1.82, 2.24) is 4.90 Å². The summed E-state index contributed by atoms with van der Waals surface area (Å²) in [5, 5.41) is 11.2. The monoisotopic (exact) mass is 549 g/mol. The van der Waals surface area contributed by atoms with Gasteiger partial charge in [0.2, 0.25) is 0 Å². The van der Waals surface area contributed by atoms with Crippen LogP contribution in [0.25, 0.3) is 5.76 Å². The topological polar surface area (TPSA) is 76.1 Å².